The number of hydrogen-bond donors (Lipinski definition) is 1. The number of hydrogen-bond acceptors (Lipinski definition) is 4. The van der Waals surface area contributed by atoms with Crippen molar-refractivity contribution in [2.45, 2.75) is 12.4 Å². The van der Waals surface area contributed by atoms with Crippen LogP contribution in [0.1, 0.15) is 11.1 Å². The van der Waals surface area contributed by atoms with Gasteiger partial charge in [0, 0.05) is 11.1 Å². The van der Waals surface area contributed by atoms with Crippen LogP contribution in [0.2, 0.25) is 0 Å². The Morgan fingerprint density at radius 2 is 1.36 bits per heavy atom. The van der Waals surface area contributed by atoms with Crippen LogP contribution in [0, 0.1) is 0 Å². The molecule has 0 atom stereocenters. The molecule has 1 N–H and O–H groups in total. The van der Waals surface area contributed by atoms with Crippen LogP contribution < -0.4 is 5.32 Å². The quantitative estimate of drug-likeness (QED) is 0.668. The minimum absolute atomic E-state index is 0.00181. The van der Waals surface area contributed by atoms with E-state index in [1.54, 1.807) is 24.3 Å². The molecule has 0 aliphatic heterocycles. The Kier molecular flexibility index (Phi) is 3.97. The minimum Gasteiger partial charge on any atom is -0.338 e. The van der Waals surface area contributed by atoms with E-state index in [1.807, 2.05) is 0 Å². The minimum atomic E-state index is -4.93. The Morgan fingerprint density at radius 3 is 1.96 bits per heavy atom. The Morgan fingerprint density at radius 1 is 0.760 bits per heavy atom. The summed E-state index contributed by atoms with van der Waals surface area (Å²) in [6, 6.07) is 7.65. The van der Waals surface area contributed by atoms with Gasteiger partial charge in [-0.1, -0.05) is 12.1 Å². The molecule has 4 nitrogen and oxygen atoms in total. The van der Waals surface area contributed by atoms with Gasteiger partial charge < -0.3 is 5.32 Å². The van der Waals surface area contributed by atoms with Gasteiger partial charge in [0.1, 0.15) is 0 Å². The number of benzene rings is 2. The maximum absolute atomic E-state index is 12.9. The normalized spacial score (nSPS) is 12.4. The molecule has 0 aliphatic carbocycles. The summed E-state index contributed by atoms with van der Waals surface area (Å²) in [5, 5.41) is 13.7. The first-order valence-corrected chi connectivity index (χ1v) is 6.79. The third-order valence-electron chi connectivity index (χ3n) is 3.31. The summed E-state index contributed by atoms with van der Waals surface area (Å²) < 4.78 is 77.4. The number of alkyl halides is 6. The third kappa shape index (κ3) is 3.62. The van der Waals surface area contributed by atoms with Crippen molar-refractivity contribution >= 4 is 22.4 Å². The van der Waals surface area contributed by atoms with Crippen molar-refractivity contribution in [1.29, 1.82) is 0 Å². The number of halogens is 6. The standard InChI is InChI=1S/C15H8F6N4/c16-14(17,18)8-5-9(15(19,20)21)7-10(6-8)22-13-11-3-1-2-4-12(11)23-25-24-13/h1-7H,(H,22,23,24). The van der Waals surface area contributed by atoms with Crippen molar-refractivity contribution in [3.05, 3.63) is 53.6 Å². The Labute approximate surface area is 136 Å². The zero-order valence-corrected chi connectivity index (χ0v) is 12.2. The highest BCUT2D eigenvalue weighted by Gasteiger charge is 2.37. The molecule has 0 fully saturated rings. The van der Waals surface area contributed by atoms with Crippen molar-refractivity contribution in [2.24, 2.45) is 0 Å². The van der Waals surface area contributed by atoms with E-state index in [2.05, 4.69) is 20.7 Å². The Balaban J connectivity index is 2.10. The lowest BCUT2D eigenvalue weighted by Crippen LogP contribution is -2.12. The molecular formula is C15H8F6N4. The Bertz CT molecular complexity index is 882. The van der Waals surface area contributed by atoms with Crippen LogP contribution in [-0.2, 0) is 12.4 Å². The molecule has 0 bridgehead atoms. The van der Waals surface area contributed by atoms with E-state index in [9.17, 15) is 26.3 Å². The van der Waals surface area contributed by atoms with Crippen LogP contribution >= 0.6 is 0 Å². The van der Waals surface area contributed by atoms with Gasteiger partial charge in [-0.2, -0.15) is 26.3 Å². The number of anilines is 2. The van der Waals surface area contributed by atoms with Crippen LogP contribution in [0.4, 0.5) is 37.8 Å². The molecule has 0 aliphatic rings. The zero-order valence-electron chi connectivity index (χ0n) is 12.2. The van der Waals surface area contributed by atoms with Crippen LogP contribution in [-0.4, -0.2) is 15.4 Å². The van der Waals surface area contributed by atoms with E-state index in [0.29, 0.717) is 23.0 Å². The lowest BCUT2D eigenvalue weighted by atomic mass is 10.1. The van der Waals surface area contributed by atoms with Crippen molar-refractivity contribution in [2.75, 3.05) is 5.32 Å². The monoisotopic (exact) mass is 358 g/mol. The number of aromatic nitrogens is 3. The van der Waals surface area contributed by atoms with Crippen LogP contribution in [0.3, 0.4) is 0 Å². The fraction of sp³-hybridized carbons (Fsp3) is 0.133. The van der Waals surface area contributed by atoms with E-state index >= 15 is 0 Å². The van der Waals surface area contributed by atoms with E-state index < -0.39 is 29.2 Å². The third-order valence-corrected chi connectivity index (χ3v) is 3.31. The van der Waals surface area contributed by atoms with Gasteiger partial charge in [0.2, 0.25) is 0 Å². The molecule has 0 unspecified atom stereocenters. The molecule has 0 radical (unpaired) electrons. The molecule has 0 saturated carbocycles. The summed E-state index contributed by atoms with van der Waals surface area (Å²) in [4.78, 5) is 0. The summed E-state index contributed by atoms with van der Waals surface area (Å²) in [5.41, 5.74) is -2.86. The first-order valence-electron chi connectivity index (χ1n) is 6.79. The topological polar surface area (TPSA) is 50.7 Å². The molecule has 1 heterocycles. The molecule has 0 spiro atoms. The van der Waals surface area contributed by atoms with Crippen molar-refractivity contribution in [3.8, 4) is 0 Å². The van der Waals surface area contributed by atoms with Gasteiger partial charge in [-0.05, 0) is 35.5 Å². The lowest BCUT2D eigenvalue weighted by molar-refractivity contribution is -0.143. The van der Waals surface area contributed by atoms with Crippen molar-refractivity contribution < 1.29 is 26.3 Å². The summed E-state index contributed by atoms with van der Waals surface area (Å²) in [7, 11) is 0. The first kappa shape index (κ1) is 16.9. The van der Waals surface area contributed by atoms with Gasteiger partial charge in [0.25, 0.3) is 0 Å². The average molecular weight is 358 g/mol. The highest BCUT2D eigenvalue weighted by Crippen LogP contribution is 2.38. The summed E-state index contributed by atoms with van der Waals surface area (Å²) in [6.45, 7) is 0. The molecule has 10 heteroatoms. The predicted molar refractivity (Wildman–Crippen MR) is 77.1 cm³/mol. The van der Waals surface area contributed by atoms with E-state index in [0.717, 1.165) is 0 Å². The summed E-state index contributed by atoms with van der Waals surface area (Å²) in [5.74, 6) is -0.00181. The fourth-order valence-corrected chi connectivity index (χ4v) is 2.19. The molecule has 0 saturated heterocycles. The van der Waals surface area contributed by atoms with Gasteiger partial charge >= 0.3 is 12.4 Å². The maximum atomic E-state index is 12.9. The second-order valence-corrected chi connectivity index (χ2v) is 5.07. The number of nitrogens with one attached hydrogen (secondary N) is 1. The van der Waals surface area contributed by atoms with Crippen molar-refractivity contribution in [3.63, 3.8) is 0 Å². The highest BCUT2D eigenvalue weighted by molar-refractivity contribution is 5.90. The SMILES string of the molecule is FC(F)(F)c1cc(Nc2nnnc3ccccc23)cc(C(F)(F)F)c1. The van der Waals surface area contributed by atoms with Crippen LogP contribution in [0.25, 0.3) is 10.9 Å². The number of fused-ring (bicyclic) bond motifs is 1. The molecule has 130 valence electrons. The second-order valence-electron chi connectivity index (χ2n) is 5.07. The molecule has 3 rings (SSSR count). The van der Waals surface area contributed by atoms with Gasteiger partial charge in [-0.15, -0.1) is 10.2 Å². The van der Waals surface area contributed by atoms with Gasteiger partial charge in [0.05, 0.1) is 16.6 Å². The molecule has 2 aromatic carbocycles. The van der Waals surface area contributed by atoms with E-state index in [-0.39, 0.29) is 11.9 Å². The van der Waals surface area contributed by atoms with Crippen molar-refractivity contribution in [1.82, 2.24) is 15.4 Å². The fourth-order valence-electron chi connectivity index (χ4n) is 2.19. The smallest absolute Gasteiger partial charge is 0.338 e. The Hall–Kier alpha value is -2.91. The molecule has 25 heavy (non-hydrogen) atoms. The summed E-state index contributed by atoms with van der Waals surface area (Å²) >= 11 is 0. The van der Waals surface area contributed by atoms with Gasteiger partial charge in [-0.25, -0.2) is 0 Å². The van der Waals surface area contributed by atoms with E-state index in [1.165, 1.54) is 0 Å². The average Bonchev–Trinajstić information content (AvgIpc) is 2.53. The zero-order chi connectivity index (χ0) is 18.2. The first-order chi connectivity index (χ1) is 11.6. The molecular weight excluding hydrogens is 350 g/mol. The number of rotatable bonds is 2. The molecule has 3 aromatic rings. The van der Waals surface area contributed by atoms with Crippen LogP contribution in [0.15, 0.2) is 42.5 Å². The molecule has 0 amide bonds. The summed E-state index contributed by atoms with van der Waals surface area (Å²) in [6.07, 6.45) is -9.85. The van der Waals surface area contributed by atoms with E-state index in [4.69, 9.17) is 0 Å². The number of nitrogens with zero attached hydrogens (tertiary/aromatic N) is 3. The lowest BCUT2D eigenvalue weighted by Gasteiger charge is -2.15. The van der Waals surface area contributed by atoms with Gasteiger partial charge in [0.15, 0.2) is 5.82 Å². The largest absolute Gasteiger partial charge is 0.416 e. The maximum Gasteiger partial charge on any atom is 0.416 e. The highest BCUT2D eigenvalue weighted by atomic mass is 19.4. The second kappa shape index (κ2) is 5.87. The predicted octanol–water partition coefficient (Wildman–Crippen LogP) is 4.81. The van der Waals surface area contributed by atoms with Gasteiger partial charge in [-0.3, -0.25) is 0 Å². The molecule has 1 aromatic heterocycles. The van der Waals surface area contributed by atoms with Crippen LogP contribution in [0.5, 0.6) is 0 Å².